The Balaban J connectivity index is 1.66. The van der Waals surface area contributed by atoms with Crippen LogP contribution in [0.3, 0.4) is 0 Å². The first-order chi connectivity index (χ1) is 14.9. The zero-order valence-corrected chi connectivity index (χ0v) is 18.1. The minimum absolute atomic E-state index is 0.215. The summed E-state index contributed by atoms with van der Waals surface area (Å²) in [6.07, 6.45) is -2.51. The van der Waals surface area contributed by atoms with Gasteiger partial charge in [0.2, 0.25) is 11.8 Å². The Labute approximate surface area is 179 Å². The minimum Gasteiger partial charge on any atom is -0.479 e. The largest absolute Gasteiger partial charge is 0.479 e. The monoisotopic (exact) mass is 438 g/mol. The Morgan fingerprint density at radius 2 is 2.16 bits per heavy atom. The van der Waals surface area contributed by atoms with E-state index in [0.29, 0.717) is 49.3 Å². The highest BCUT2D eigenvalue weighted by molar-refractivity contribution is 5.84. The average Bonchev–Trinajstić information content (AvgIpc) is 3.25. The van der Waals surface area contributed by atoms with Gasteiger partial charge in [-0.15, -0.1) is 0 Å². The van der Waals surface area contributed by atoms with Crippen molar-refractivity contribution in [2.45, 2.75) is 38.4 Å². The van der Waals surface area contributed by atoms with E-state index < -0.39 is 24.5 Å². The highest BCUT2D eigenvalue weighted by Crippen LogP contribution is 2.35. The van der Waals surface area contributed by atoms with Crippen LogP contribution < -0.4 is 11.1 Å². The number of aromatic nitrogens is 4. The maximum absolute atomic E-state index is 10.7. The molecule has 1 saturated heterocycles. The van der Waals surface area contributed by atoms with Crippen molar-refractivity contribution < 1.29 is 24.5 Å². The second kappa shape index (κ2) is 10.0. The number of anilines is 2. The highest BCUT2D eigenvalue weighted by Gasteiger charge is 2.45. The molecule has 2 aromatic heterocycles. The van der Waals surface area contributed by atoms with Crippen LogP contribution >= 0.6 is 0 Å². The van der Waals surface area contributed by atoms with Gasteiger partial charge in [0.15, 0.2) is 23.2 Å². The van der Waals surface area contributed by atoms with Crippen molar-refractivity contribution in [3.8, 4) is 0 Å². The molecule has 13 nitrogen and oxygen atoms in total. The van der Waals surface area contributed by atoms with Gasteiger partial charge in [0, 0.05) is 27.1 Å². The number of imidazole rings is 1. The van der Waals surface area contributed by atoms with Crippen LogP contribution in [-0.2, 0) is 14.3 Å². The number of rotatable bonds is 9. The first kappa shape index (κ1) is 22.9. The van der Waals surface area contributed by atoms with Crippen molar-refractivity contribution in [2.75, 3.05) is 51.4 Å². The summed E-state index contributed by atoms with van der Waals surface area (Å²) < 4.78 is 12.8. The van der Waals surface area contributed by atoms with E-state index in [1.807, 2.05) is 18.9 Å². The number of aliphatic hydroxyl groups is 2. The summed E-state index contributed by atoms with van der Waals surface area (Å²) in [5.74, 6) is 1.07. The van der Waals surface area contributed by atoms with Crippen molar-refractivity contribution in [2.24, 2.45) is 5.16 Å². The summed E-state index contributed by atoms with van der Waals surface area (Å²) in [7, 11) is 3.54. The smallest absolute Gasteiger partial charge is 0.222 e. The summed E-state index contributed by atoms with van der Waals surface area (Å²) in [5.41, 5.74) is 6.69. The number of nitrogen functional groups attached to an aromatic ring is 1. The minimum atomic E-state index is -1.19. The van der Waals surface area contributed by atoms with Crippen molar-refractivity contribution in [3.05, 3.63) is 6.33 Å². The number of fused-ring (bicyclic) bond motifs is 1. The lowest BCUT2D eigenvalue weighted by molar-refractivity contribution is -0.0425. The zero-order valence-electron chi connectivity index (χ0n) is 18.1. The van der Waals surface area contributed by atoms with Crippen LogP contribution in [0.15, 0.2) is 11.5 Å². The molecule has 3 heterocycles. The molecule has 0 unspecified atom stereocenters. The average molecular weight is 438 g/mol. The molecule has 0 saturated carbocycles. The Morgan fingerprint density at radius 1 is 1.39 bits per heavy atom. The molecule has 0 radical (unpaired) electrons. The molecule has 3 rings (SSSR count). The maximum atomic E-state index is 10.7. The first-order valence-electron chi connectivity index (χ1n) is 10.0. The summed E-state index contributed by atoms with van der Waals surface area (Å²) >= 11 is 0. The second-order valence-corrected chi connectivity index (χ2v) is 7.17. The van der Waals surface area contributed by atoms with E-state index in [-0.39, 0.29) is 5.82 Å². The molecular formula is C18H30N8O5. The number of aliphatic hydroxyl groups excluding tert-OH is 2. The number of likely N-dealkylation sites (N-methyl/N-ethyl adjacent to an activating group) is 1. The van der Waals surface area contributed by atoms with Gasteiger partial charge in [-0.1, -0.05) is 5.16 Å². The van der Waals surface area contributed by atoms with E-state index in [4.69, 9.17) is 20.0 Å². The van der Waals surface area contributed by atoms with Gasteiger partial charge in [-0.2, -0.15) is 0 Å². The van der Waals surface area contributed by atoms with Gasteiger partial charge < -0.3 is 40.5 Å². The number of hydrogen-bond donors (Lipinski definition) is 4. The quantitative estimate of drug-likeness (QED) is 0.171. The molecule has 5 N–H and O–H groups in total. The first-order valence-corrected chi connectivity index (χ1v) is 10.0. The van der Waals surface area contributed by atoms with E-state index in [0.717, 1.165) is 0 Å². The van der Waals surface area contributed by atoms with Crippen LogP contribution in [0, 0.1) is 0 Å². The molecule has 0 spiro atoms. The second-order valence-electron chi connectivity index (χ2n) is 7.17. The molecule has 0 amide bonds. The number of nitrogens with zero attached hydrogens (tertiary/aromatic N) is 6. The zero-order chi connectivity index (χ0) is 22.5. The van der Waals surface area contributed by atoms with Crippen molar-refractivity contribution >= 4 is 28.8 Å². The number of hydrogen-bond acceptors (Lipinski definition) is 12. The van der Waals surface area contributed by atoms with Crippen LogP contribution in [0.4, 0.5) is 11.8 Å². The predicted octanol–water partition coefficient (Wildman–Crippen LogP) is -0.612. The Hall–Kier alpha value is -2.74. The highest BCUT2D eigenvalue weighted by atomic mass is 16.6. The lowest BCUT2D eigenvalue weighted by atomic mass is 10.1. The Kier molecular flexibility index (Phi) is 7.43. The molecule has 13 heteroatoms. The molecular weight excluding hydrogens is 408 g/mol. The van der Waals surface area contributed by atoms with E-state index in [9.17, 15) is 10.2 Å². The summed E-state index contributed by atoms with van der Waals surface area (Å²) in [6.45, 7) is 5.35. The van der Waals surface area contributed by atoms with Gasteiger partial charge in [-0.3, -0.25) is 4.57 Å². The van der Waals surface area contributed by atoms with Gasteiger partial charge in [-0.05, 0) is 14.0 Å². The fraction of sp³-hybridized carbons (Fsp3) is 0.667. The molecule has 31 heavy (non-hydrogen) atoms. The van der Waals surface area contributed by atoms with E-state index in [1.165, 1.54) is 6.33 Å². The Bertz CT molecular complexity index is 906. The van der Waals surface area contributed by atoms with Crippen LogP contribution in [0.2, 0.25) is 0 Å². The van der Waals surface area contributed by atoms with Crippen molar-refractivity contribution in [1.29, 1.82) is 0 Å². The molecule has 1 aliphatic heterocycles. The molecule has 2 aromatic rings. The van der Waals surface area contributed by atoms with E-state index in [1.54, 1.807) is 18.5 Å². The van der Waals surface area contributed by atoms with Crippen LogP contribution in [0.1, 0.15) is 20.1 Å². The van der Waals surface area contributed by atoms with Crippen molar-refractivity contribution in [1.82, 2.24) is 24.4 Å². The van der Waals surface area contributed by atoms with Crippen LogP contribution in [-0.4, -0.2) is 99.2 Å². The number of nitrogens with one attached hydrogen (secondary N) is 1. The Morgan fingerprint density at radius 3 is 2.87 bits per heavy atom. The maximum Gasteiger partial charge on any atom is 0.222 e. The van der Waals surface area contributed by atoms with E-state index in [2.05, 4.69) is 25.4 Å². The van der Waals surface area contributed by atoms with E-state index >= 15 is 0 Å². The standard InChI is InChI=1S/C18H30N8O5/c1-5-29-10(2)24-30-7-6-25(4)8-11-13(27)14(28)17(31-11)26-16-12(23-18(26)20-3)15(19)21-9-22-16/h9,11,13-14,17,27-28H,5-8H2,1-4H3,(H,20,23)(H2,19,21,22)/b24-10+/t11-,13-,14-,17-/m1/s1. The molecule has 1 aliphatic rings. The van der Waals surface area contributed by atoms with Gasteiger partial charge in [0.25, 0.3) is 0 Å². The SMILES string of the molecule is CCO/C(C)=N/OCCN(C)C[C@H]1O[C@@H](n2c(NC)nc3c(N)ncnc32)[C@H](O)[C@@H]1O. The summed E-state index contributed by atoms with van der Waals surface area (Å²) in [4.78, 5) is 19.7. The molecule has 4 atom stereocenters. The molecule has 1 fully saturated rings. The topological polar surface area (TPSA) is 165 Å². The molecule has 172 valence electrons. The predicted molar refractivity (Wildman–Crippen MR) is 113 cm³/mol. The third kappa shape index (κ3) is 4.95. The number of ether oxygens (including phenoxy) is 2. The van der Waals surface area contributed by atoms with Gasteiger partial charge >= 0.3 is 0 Å². The van der Waals surface area contributed by atoms with Crippen LogP contribution in [0.25, 0.3) is 11.2 Å². The van der Waals surface area contributed by atoms with Crippen molar-refractivity contribution in [3.63, 3.8) is 0 Å². The third-order valence-electron chi connectivity index (χ3n) is 4.92. The summed E-state index contributed by atoms with van der Waals surface area (Å²) in [6, 6.07) is 0. The van der Waals surface area contributed by atoms with Gasteiger partial charge in [0.05, 0.1) is 6.61 Å². The fourth-order valence-corrected chi connectivity index (χ4v) is 3.40. The van der Waals surface area contributed by atoms with Gasteiger partial charge in [-0.25, -0.2) is 15.0 Å². The number of nitrogens with two attached hydrogens (primary N) is 1. The lowest BCUT2D eigenvalue weighted by Crippen LogP contribution is -2.39. The molecule has 0 bridgehead atoms. The van der Waals surface area contributed by atoms with Crippen LogP contribution in [0.5, 0.6) is 0 Å². The summed E-state index contributed by atoms with van der Waals surface area (Å²) in [5, 5.41) is 28.1. The fourth-order valence-electron chi connectivity index (χ4n) is 3.40. The number of oxime groups is 1. The third-order valence-corrected chi connectivity index (χ3v) is 4.92. The lowest BCUT2D eigenvalue weighted by Gasteiger charge is -2.22. The molecule has 0 aromatic carbocycles. The van der Waals surface area contributed by atoms with Gasteiger partial charge in [0.1, 0.15) is 31.2 Å². The normalized spacial score (nSPS) is 24.2. The molecule has 0 aliphatic carbocycles.